The van der Waals surface area contributed by atoms with Crippen LogP contribution in [0.2, 0.25) is 5.02 Å². The van der Waals surface area contributed by atoms with E-state index in [-0.39, 0.29) is 0 Å². The Labute approximate surface area is 106 Å². The van der Waals surface area contributed by atoms with E-state index < -0.39 is 0 Å². The second-order valence-electron chi connectivity index (χ2n) is 3.87. The van der Waals surface area contributed by atoms with Gasteiger partial charge >= 0.3 is 0 Å². The second kappa shape index (κ2) is 5.34. The van der Waals surface area contributed by atoms with Gasteiger partial charge in [0.15, 0.2) is 0 Å². The van der Waals surface area contributed by atoms with E-state index >= 15 is 0 Å². The fourth-order valence-corrected chi connectivity index (χ4v) is 2.27. The number of methoxy groups -OCH3 is 1. The minimum atomic E-state index is 0.666. The molecule has 0 spiro atoms. The molecule has 3 nitrogen and oxygen atoms in total. The lowest BCUT2D eigenvalue weighted by molar-refractivity contribution is 0.187. The predicted molar refractivity (Wildman–Crippen MR) is 69.3 cm³/mol. The monoisotopic (exact) mass is 250 g/mol. The maximum absolute atomic E-state index is 6.27. The summed E-state index contributed by atoms with van der Waals surface area (Å²) in [6.07, 6.45) is 3.58. The van der Waals surface area contributed by atoms with E-state index in [0.717, 1.165) is 28.5 Å². The highest BCUT2D eigenvalue weighted by molar-refractivity contribution is 6.33. The van der Waals surface area contributed by atoms with Crippen LogP contribution in [0, 0.1) is 6.92 Å². The summed E-state index contributed by atoms with van der Waals surface area (Å²) in [5.74, 6) is 0. The van der Waals surface area contributed by atoms with Crippen molar-refractivity contribution in [2.24, 2.45) is 0 Å². The largest absolute Gasteiger partial charge is 0.383 e. The van der Waals surface area contributed by atoms with Crippen LogP contribution in [-0.2, 0) is 11.3 Å². The molecule has 4 heteroatoms. The molecule has 2 aromatic heterocycles. The first kappa shape index (κ1) is 12.1. The molecule has 0 amide bonds. The van der Waals surface area contributed by atoms with Crippen molar-refractivity contribution in [3.05, 3.63) is 41.3 Å². The molecule has 0 unspecified atom stereocenters. The Balaban J connectivity index is 2.45. The number of pyridine rings is 1. The summed E-state index contributed by atoms with van der Waals surface area (Å²) in [4.78, 5) is 4.13. The zero-order chi connectivity index (χ0) is 12.3. The molecule has 0 saturated carbocycles. The molecule has 0 aromatic carbocycles. The topological polar surface area (TPSA) is 27.1 Å². The summed E-state index contributed by atoms with van der Waals surface area (Å²) in [5.41, 5.74) is 3.17. The number of hydrogen-bond donors (Lipinski definition) is 0. The third-order valence-electron chi connectivity index (χ3n) is 2.71. The fourth-order valence-electron chi connectivity index (χ4n) is 1.90. The van der Waals surface area contributed by atoms with Gasteiger partial charge in [-0.1, -0.05) is 11.6 Å². The van der Waals surface area contributed by atoms with E-state index in [0.29, 0.717) is 6.61 Å². The van der Waals surface area contributed by atoms with Gasteiger partial charge in [0.2, 0.25) is 0 Å². The van der Waals surface area contributed by atoms with Gasteiger partial charge < -0.3 is 9.30 Å². The second-order valence-corrected chi connectivity index (χ2v) is 4.28. The lowest BCUT2D eigenvalue weighted by Gasteiger charge is -2.11. The van der Waals surface area contributed by atoms with Crippen LogP contribution < -0.4 is 0 Å². The van der Waals surface area contributed by atoms with Gasteiger partial charge in [0.25, 0.3) is 0 Å². The SMILES string of the molecule is COCCn1c(C)cc(Cl)c1-c1cccnc1. The molecule has 0 aliphatic rings. The molecule has 17 heavy (non-hydrogen) atoms. The van der Waals surface area contributed by atoms with Crippen LogP contribution in [-0.4, -0.2) is 23.3 Å². The van der Waals surface area contributed by atoms with Crippen molar-refractivity contribution in [3.63, 3.8) is 0 Å². The molecule has 0 saturated heterocycles. The highest BCUT2D eigenvalue weighted by Crippen LogP contribution is 2.30. The maximum atomic E-state index is 6.27. The van der Waals surface area contributed by atoms with Gasteiger partial charge in [-0.15, -0.1) is 0 Å². The smallest absolute Gasteiger partial charge is 0.0688 e. The number of aryl methyl sites for hydroxylation is 1. The average molecular weight is 251 g/mol. The molecule has 0 aliphatic heterocycles. The lowest BCUT2D eigenvalue weighted by atomic mass is 10.2. The Morgan fingerprint density at radius 2 is 2.29 bits per heavy atom. The van der Waals surface area contributed by atoms with Crippen LogP contribution in [0.3, 0.4) is 0 Å². The van der Waals surface area contributed by atoms with Crippen molar-refractivity contribution in [3.8, 4) is 11.3 Å². The van der Waals surface area contributed by atoms with Crippen molar-refractivity contribution >= 4 is 11.6 Å². The van der Waals surface area contributed by atoms with Gasteiger partial charge in [-0.2, -0.15) is 0 Å². The van der Waals surface area contributed by atoms with E-state index in [1.165, 1.54) is 0 Å². The van der Waals surface area contributed by atoms with Crippen molar-refractivity contribution in [1.29, 1.82) is 0 Å². The predicted octanol–water partition coefficient (Wildman–Crippen LogP) is 3.16. The van der Waals surface area contributed by atoms with Gasteiger partial charge in [0, 0.05) is 37.3 Å². The van der Waals surface area contributed by atoms with E-state index in [1.54, 1.807) is 13.3 Å². The summed E-state index contributed by atoms with van der Waals surface area (Å²) in [7, 11) is 1.70. The third-order valence-corrected chi connectivity index (χ3v) is 3.00. The van der Waals surface area contributed by atoms with Crippen molar-refractivity contribution in [1.82, 2.24) is 9.55 Å². The Hall–Kier alpha value is -1.32. The molecule has 2 rings (SSSR count). The molecule has 0 fully saturated rings. The first-order valence-corrected chi connectivity index (χ1v) is 5.87. The van der Waals surface area contributed by atoms with E-state index in [4.69, 9.17) is 16.3 Å². The number of aromatic nitrogens is 2. The highest BCUT2D eigenvalue weighted by Gasteiger charge is 2.12. The summed E-state index contributed by atoms with van der Waals surface area (Å²) in [6, 6.07) is 5.89. The van der Waals surface area contributed by atoms with Crippen LogP contribution in [0.15, 0.2) is 30.6 Å². The van der Waals surface area contributed by atoms with Gasteiger partial charge in [0.05, 0.1) is 17.3 Å². The van der Waals surface area contributed by atoms with Crippen LogP contribution >= 0.6 is 11.6 Å². The summed E-state index contributed by atoms with van der Waals surface area (Å²) in [5, 5.41) is 0.756. The van der Waals surface area contributed by atoms with Gasteiger partial charge in [-0.25, -0.2) is 0 Å². The number of rotatable bonds is 4. The van der Waals surface area contributed by atoms with E-state index in [9.17, 15) is 0 Å². The van der Waals surface area contributed by atoms with Gasteiger partial charge in [-0.05, 0) is 25.1 Å². The highest BCUT2D eigenvalue weighted by atomic mass is 35.5. The van der Waals surface area contributed by atoms with E-state index in [1.807, 2.05) is 31.3 Å². The Morgan fingerprint density at radius 3 is 2.94 bits per heavy atom. The maximum Gasteiger partial charge on any atom is 0.0688 e. The van der Waals surface area contributed by atoms with Crippen molar-refractivity contribution < 1.29 is 4.74 Å². The average Bonchev–Trinajstić information content (AvgIpc) is 2.62. The molecule has 0 radical (unpaired) electrons. The van der Waals surface area contributed by atoms with Crippen molar-refractivity contribution in [2.75, 3.05) is 13.7 Å². The van der Waals surface area contributed by atoms with Gasteiger partial charge in [0.1, 0.15) is 0 Å². The fraction of sp³-hybridized carbons (Fsp3) is 0.308. The molecule has 0 N–H and O–H groups in total. The molecular weight excluding hydrogens is 236 g/mol. The van der Waals surface area contributed by atoms with Gasteiger partial charge in [-0.3, -0.25) is 4.98 Å². The zero-order valence-corrected chi connectivity index (χ0v) is 10.7. The standard InChI is InChI=1S/C13H15ClN2O/c1-10-8-12(14)13(16(10)6-7-17-2)11-4-3-5-15-9-11/h3-5,8-9H,6-7H2,1-2H3. The van der Waals surface area contributed by atoms with Crippen LogP contribution in [0.4, 0.5) is 0 Å². The zero-order valence-electron chi connectivity index (χ0n) is 9.98. The molecule has 0 aliphatic carbocycles. The summed E-state index contributed by atoms with van der Waals surface area (Å²) < 4.78 is 7.28. The number of hydrogen-bond acceptors (Lipinski definition) is 2. The third kappa shape index (κ3) is 2.51. The minimum absolute atomic E-state index is 0.666. The molecule has 0 atom stereocenters. The summed E-state index contributed by atoms with van der Waals surface area (Å²) >= 11 is 6.27. The normalized spacial score (nSPS) is 10.8. The Kier molecular flexibility index (Phi) is 3.82. The quantitative estimate of drug-likeness (QED) is 0.834. The molecular formula is C13H15ClN2O. The molecule has 2 aromatic rings. The first-order chi connectivity index (χ1) is 8.24. The Bertz CT molecular complexity index is 494. The summed E-state index contributed by atoms with van der Waals surface area (Å²) in [6.45, 7) is 3.50. The van der Waals surface area contributed by atoms with Crippen LogP contribution in [0.1, 0.15) is 5.69 Å². The molecule has 0 bridgehead atoms. The number of nitrogens with zero attached hydrogens (tertiary/aromatic N) is 2. The minimum Gasteiger partial charge on any atom is -0.383 e. The van der Waals surface area contributed by atoms with Crippen molar-refractivity contribution in [2.45, 2.75) is 13.5 Å². The Morgan fingerprint density at radius 1 is 1.47 bits per heavy atom. The number of ether oxygens (including phenoxy) is 1. The first-order valence-electron chi connectivity index (χ1n) is 5.49. The van der Waals surface area contributed by atoms with Crippen LogP contribution in [0.25, 0.3) is 11.3 Å². The number of halogens is 1. The van der Waals surface area contributed by atoms with Crippen LogP contribution in [0.5, 0.6) is 0 Å². The lowest BCUT2D eigenvalue weighted by Crippen LogP contribution is -2.07. The van der Waals surface area contributed by atoms with E-state index in [2.05, 4.69) is 9.55 Å². The molecule has 90 valence electrons. The molecule has 2 heterocycles.